The third-order valence-corrected chi connectivity index (χ3v) is 5.18. The summed E-state index contributed by atoms with van der Waals surface area (Å²) in [6.07, 6.45) is 6.23. The van der Waals surface area contributed by atoms with Crippen LogP contribution in [0.1, 0.15) is 12.8 Å². The van der Waals surface area contributed by atoms with Crippen molar-refractivity contribution >= 4 is 19.6 Å². The Morgan fingerprint density at radius 3 is 2.58 bits per heavy atom. The molecule has 98 valence electrons. The molecule has 2 unspecified atom stereocenters. The van der Waals surface area contributed by atoms with Gasteiger partial charge in [0, 0.05) is 30.0 Å². The molecule has 3 nitrogen and oxygen atoms in total. The molecule has 4 heterocycles. The molecule has 4 bridgehead atoms. The first kappa shape index (κ1) is 12.0. The van der Waals surface area contributed by atoms with E-state index in [2.05, 4.69) is 4.98 Å². The molecule has 2 atom stereocenters. The van der Waals surface area contributed by atoms with Gasteiger partial charge in [-0.25, -0.2) is 0 Å². The van der Waals surface area contributed by atoms with Gasteiger partial charge >= 0.3 is 7.98 Å². The Morgan fingerprint density at radius 2 is 1.95 bits per heavy atom. The Kier molecular flexibility index (Phi) is 2.62. The predicted octanol–water partition coefficient (Wildman–Crippen LogP) is 2.05. The zero-order chi connectivity index (χ0) is 13.0. The van der Waals surface area contributed by atoms with Gasteiger partial charge in [-0.2, -0.15) is 0 Å². The van der Waals surface area contributed by atoms with E-state index in [1.54, 1.807) is 12.4 Å². The molecule has 19 heavy (non-hydrogen) atoms. The average molecular weight is 276 g/mol. The van der Waals surface area contributed by atoms with Crippen LogP contribution in [0.15, 0.2) is 18.5 Å². The maximum absolute atomic E-state index is 6.45. The Balaban J connectivity index is 1.57. The predicted molar refractivity (Wildman–Crippen MR) is 74.0 cm³/mol. The van der Waals surface area contributed by atoms with Gasteiger partial charge in [0.1, 0.15) is 11.9 Å². The summed E-state index contributed by atoms with van der Waals surface area (Å²) in [5.41, 5.74) is 0. The molecule has 0 aromatic carbocycles. The zero-order valence-electron chi connectivity index (χ0n) is 10.8. The minimum Gasteiger partial charge on any atom is -0.488 e. The molecule has 0 N–H and O–H groups in total. The van der Waals surface area contributed by atoms with Crippen LogP contribution in [0.4, 0.5) is 0 Å². The van der Waals surface area contributed by atoms with Crippen molar-refractivity contribution in [3.8, 4) is 5.75 Å². The number of halogens is 1. The van der Waals surface area contributed by atoms with Crippen molar-refractivity contribution in [3.63, 3.8) is 0 Å². The minimum absolute atomic E-state index is 0.298. The Bertz CT molecular complexity index is 496. The fourth-order valence-corrected chi connectivity index (χ4v) is 4.75. The van der Waals surface area contributed by atoms with E-state index in [0.29, 0.717) is 23.0 Å². The Hall–Kier alpha value is -0.735. The average Bonchev–Trinajstić information content (AvgIpc) is 2.32. The molecule has 3 saturated heterocycles. The van der Waals surface area contributed by atoms with Crippen LogP contribution in [-0.4, -0.2) is 43.1 Å². The lowest BCUT2D eigenvalue weighted by atomic mass is 9.63. The largest absolute Gasteiger partial charge is 0.488 e. The second-order valence-electron chi connectivity index (χ2n) is 6.55. The molecular formula is C14H17BClN2O+. The molecule has 1 saturated carbocycles. The maximum atomic E-state index is 6.45. The van der Waals surface area contributed by atoms with E-state index < -0.39 is 0 Å². The van der Waals surface area contributed by atoms with Crippen LogP contribution in [0.2, 0.25) is 5.02 Å². The van der Waals surface area contributed by atoms with E-state index in [1.807, 2.05) is 6.07 Å². The molecule has 0 spiro atoms. The van der Waals surface area contributed by atoms with Crippen LogP contribution >= 0.6 is 11.6 Å². The van der Waals surface area contributed by atoms with E-state index in [1.165, 1.54) is 19.4 Å². The Labute approximate surface area is 119 Å². The second-order valence-corrected chi connectivity index (χ2v) is 6.98. The van der Waals surface area contributed by atoms with Crippen molar-refractivity contribution < 1.29 is 9.13 Å². The topological polar surface area (TPSA) is 22.1 Å². The van der Waals surface area contributed by atoms with Gasteiger partial charge in [-0.3, -0.25) is 4.98 Å². The molecule has 5 heteroatoms. The van der Waals surface area contributed by atoms with Gasteiger partial charge in [-0.1, -0.05) is 11.6 Å². The third-order valence-electron chi connectivity index (χ3n) is 4.97. The standard InChI is InChI=1S/C14H17BClN2O/c15-18-6-9-1-10(7-18)14(11(2-9)8-18)19-13-3-12(16)4-17-5-13/h3-5,9-11,14H,1-2,6-8H2/q+1. The number of hydrogen-bond donors (Lipinski definition) is 0. The number of rotatable bonds is 2. The normalized spacial score (nSPS) is 43.4. The summed E-state index contributed by atoms with van der Waals surface area (Å²) in [7, 11) is 6.45. The SMILES string of the molecule is [B][N+]12CC3CC(C1)C(Oc1cncc(Cl)c1)C(C3)C2. The summed E-state index contributed by atoms with van der Waals surface area (Å²) in [5.74, 6) is 2.79. The van der Waals surface area contributed by atoms with E-state index in [9.17, 15) is 0 Å². The second kappa shape index (κ2) is 4.13. The summed E-state index contributed by atoms with van der Waals surface area (Å²) < 4.78 is 6.98. The monoisotopic (exact) mass is 275 g/mol. The van der Waals surface area contributed by atoms with E-state index in [4.69, 9.17) is 24.3 Å². The lowest BCUT2D eigenvalue weighted by Crippen LogP contribution is -2.70. The lowest BCUT2D eigenvalue weighted by molar-refractivity contribution is -0.852. The molecule has 4 fully saturated rings. The van der Waals surface area contributed by atoms with Gasteiger partial charge in [0.2, 0.25) is 0 Å². The van der Waals surface area contributed by atoms with Crippen LogP contribution in [0.5, 0.6) is 5.75 Å². The van der Waals surface area contributed by atoms with Crippen molar-refractivity contribution in [2.75, 3.05) is 19.6 Å². The highest BCUT2D eigenvalue weighted by atomic mass is 35.5. The molecule has 5 rings (SSSR count). The van der Waals surface area contributed by atoms with E-state index in [-0.39, 0.29) is 0 Å². The van der Waals surface area contributed by atoms with Crippen molar-refractivity contribution in [3.05, 3.63) is 23.5 Å². The number of ether oxygens (including phenoxy) is 1. The van der Waals surface area contributed by atoms with Crippen LogP contribution in [0.25, 0.3) is 0 Å². The summed E-state index contributed by atoms with van der Waals surface area (Å²) in [6, 6.07) is 1.85. The van der Waals surface area contributed by atoms with Gasteiger partial charge in [0.25, 0.3) is 0 Å². The molecule has 3 aliphatic heterocycles. The van der Waals surface area contributed by atoms with Crippen LogP contribution in [0, 0.1) is 17.8 Å². The number of hydrogen-bond acceptors (Lipinski definition) is 2. The highest BCUT2D eigenvalue weighted by Gasteiger charge is 2.55. The zero-order valence-corrected chi connectivity index (χ0v) is 11.6. The highest BCUT2D eigenvalue weighted by molar-refractivity contribution is 6.30. The molecule has 4 aliphatic rings. The summed E-state index contributed by atoms with van der Waals surface area (Å²) in [4.78, 5) is 4.10. The number of nitrogens with zero attached hydrogens (tertiary/aromatic N) is 2. The van der Waals surface area contributed by atoms with Gasteiger partial charge < -0.3 is 9.13 Å². The molecule has 2 radical (unpaired) electrons. The van der Waals surface area contributed by atoms with Crippen molar-refractivity contribution in [2.45, 2.75) is 18.9 Å². The maximum Gasteiger partial charge on any atom is 0.481 e. The number of pyridine rings is 1. The first-order chi connectivity index (χ1) is 9.11. The van der Waals surface area contributed by atoms with Gasteiger partial charge in [-0.05, 0) is 12.8 Å². The first-order valence-corrected chi connectivity index (χ1v) is 7.41. The van der Waals surface area contributed by atoms with Crippen molar-refractivity contribution in [1.29, 1.82) is 0 Å². The van der Waals surface area contributed by atoms with Crippen LogP contribution in [-0.2, 0) is 0 Å². The molecule has 1 aliphatic carbocycles. The fraction of sp³-hybridized carbons (Fsp3) is 0.643. The van der Waals surface area contributed by atoms with Crippen molar-refractivity contribution in [2.24, 2.45) is 17.8 Å². The fourth-order valence-electron chi connectivity index (χ4n) is 4.59. The van der Waals surface area contributed by atoms with Gasteiger partial charge in [0.05, 0.1) is 30.9 Å². The van der Waals surface area contributed by atoms with Crippen molar-refractivity contribution in [1.82, 2.24) is 4.98 Å². The summed E-state index contributed by atoms with van der Waals surface area (Å²) in [6.45, 7) is 3.29. The van der Waals surface area contributed by atoms with E-state index >= 15 is 0 Å². The highest BCUT2D eigenvalue weighted by Crippen LogP contribution is 2.47. The molecular weight excluding hydrogens is 258 g/mol. The Morgan fingerprint density at radius 1 is 1.21 bits per heavy atom. The molecule has 0 amide bonds. The van der Waals surface area contributed by atoms with Gasteiger partial charge in [0.15, 0.2) is 0 Å². The summed E-state index contributed by atoms with van der Waals surface area (Å²) in [5, 5.41) is 0.632. The number of aromatic nitrogens is 1. The van der Waals surface area contributed by atoms with E-state index in [0.717, 1.165) is 29.2 Å². The molecule has 1 aromatic heterocycles. The lowest BCUT2D eigenvalue weighted by Gasteiger charge is -2.59. The van der Waals surface area contributed by atoms with Crippen LogP contribution in [0.3, 0.4) is 0 Å². The minimum atomic E-state index is 0.298. The first-order valence-electron chi connectivity index (χ1n) is 7.03. The summed E-state index contributed by atoms with van der Waals surface area (Å²) >= 11 is 5.97. The quantitative estimate of drug-likeness (QED) is 0.771. The van der Waals surface area contributed by atoms with Gasteiger partial charge in [-0.15, -0.1) is 0 Å². The molecule has 1 aromatic rings. The third kappa shape index (κ3) is 2.05. The number of quaternary nitrogens is 1. The van der Waals surface area contributed by atoms with Crippen LogP contribution < -0.4 is 4.74 Å². The smallest absolute Gasteiger partial charge is 0.481 e. The number of piperidine rings is 3.